The first-order chi connectivity index (χ1) is 13.1. The van der Waals surface area contributed by atoms with E-state index in [9.17, 15) is 9.59 Å². The molecule has 0 fully saturated rings. The van der Waals surface area contributed by atoms with Gasteiger partial charge in [0.1, 0.15) is 21.6 Å². The van der Waals surface area contributed by atoms with Crippen molar-refractivity contribution in [2.75, 3.05) is 12.4 Å². The Morgan fingerprint density at radius 2 is 2.07 bits per heavy atom. The maximum atomic E-state index is 12.0. The SMILES string of the molecule is C=CCSC1=N/C(=C\c2ccc(-c3ccc(C(=O)OCC)cc3)o2)C(=O)S1. The van der Waals surface area contributed by atoms with Crippen LogP contribution in [0.15, 0.2) is 64.2 Å². The molecular formula is C20H17NO4S2. The van der Waals surface area contributed by atoms with Crippen LogP contribution in [-0.4, -0.2) is 27.8 Å². The second-order valence-corrected chi connectivity index (χ2v) is 7.63. The molecule has 0 spiro atoms. The topological polar surface area (TPSA) is 68.9 Å². The van der Waals surface area contributed by atoms with Gasteiger partial charge >= 0.3 is 5.97 Å². The molecule has 0 atom stereocenters. The van der Waals surface area contributed by atoms with E-state index in [1.165, 1.54) is 11.8 Å². The minimum atomic E-state index is -0.353. The van der Waals surface area contributed by atoms with Gasteiger partial charge in [0.25, 0.3) is 0 Å². The maximum absolute atomic E-state index is 12.0. The first-order valence-electron chi connectivity index (χ1n) is 8.24. The molecule has 1 aliphatic heterocycles. The van der Waals surface area contributed by atoms with Gasteiger partial charge in [-0.2, -0.15) is 0 Å². The van der Waals surface area contributed by atoms with Crippen LogP contribution in [-0.2, 0) is 9.53 Å². The average molecular weight is 399 g/mol. The second-order valence-electron chi connectivity index (χ2n) is 5.40. The van der Waals surface area contributed by atoms with Crippen molar-refractivity contribution in [1.82, 2.24) is 0 Å². The highest BCUT2D eigenvalue weighted by Gasteiger charge is 2.22. The molecule has 1 aliphatic rings. The Balaban J connectivity index is 1.75. The molecule has 0 bridgehead atoms. The number of esters is 1. The molecule has 0 amide bonds. The highest BCUT2D eigenvalue weighted by atomic mass is 32.2. The molecule has 0 unspecified atom stereocenters. The van der Waals surface area contributed by atoms with Crippen molar-refractivity contribution >= 4 is 45.1 Å². The van der Waals surface area contributed by atoms with Gasteiger partial charge in [-0.3, -0.25) is 4.79 Å². The molecule has 1 aromatic heterocycles. The molecule has 0 saturated heterocycles. The lowest BCUT2D eigenvalue weighted by Gasteiger charge is -2.02. The molecule has 0 saturated carbocycles. The summed E-state index contributed by atoms with van der Waals surface area (Å²) in [5.74, 6) is 1.54. The number of rotatable bonds is 6. The number of carbonyl (C=O) groups is 2. The Labute approximate surface area is 165 Å². The van der Waals surface area contributed by atoms with Gasteiger partial charge in [-0.1, -0.05) is 30.0 Å². The number of aliphatic imine (C=N–C) groups is 1. The Morgan fingerprint density at radius 3 is 2.78 bits per heavy atom. The van der Waals surface area contributed by atoms with Crippen LogP contribution >= 0.6 is 23.5 Å². The van der Waals surface area contributed by atoms with Crippen LogP contribution in [0, 0.1) is 0 Å². The van der Waals surface area contributed by atoms with Gasteiger partial charge in [0.15, 0.2) is 0 Å². The highest BCUT2D eigenvalue weighted by Crippen LogP contribution is 2.32. The van der Waals surface area contributed by atoms with Crippen LogP contribution in [0.2, 0.25) is 0 Å². The van der Waals surface area contributed by atoms with Crippen molar-refractivity contribution in [1.29, 1.82) is 0 Å². The number of benzene rings is 1. The van der Waals surface area contributed by atoms with Gasteiger partial charge in [-0.15, -0.1) is 6.58 Å². The van der Waals surface area contributed by atoms with Crippen LogP contribution in [0.1, 0.15) is 23.0 Å². The standard InChI is InChI=1S/C20H17NO4S2/c1-3-11-26-20-21-16(19(23)27-20)12-15-9-10-17(25-15)13-5-7-14(8-6-13)18(22)24-4-2/h3,5-10,12H,1,4,11H2,2H3/b16-12-. The van der Waals surface area contributed by atoms with Crippen LogP contribution < -0.4 is 0 Å². The minimum absolute atomic E-state index is 0.0988. The van der Waals surface area contributed by atoms with Gasteiger partial charge in [0.05, 0.1) is 12.2 Å². The van der Waals surface area contributed by atoms with Crippen molar-refractivity contribution in [2.24, 2.45) is 4.99 Å². The van der Waals surface area contributed by atoms with Crippen molar-refractivity contribution in [3.05, 3.63) is 66.1 Å². The number of nitrogens with zero attached hydrogens (tertiary/aromatic N) is 1. The minimum Gasteiger partial charge on any atom is -0.462 e. The van der Waals surface area contributed by atoms with Gasteiger partial charge < -0.3 is 9.15 Å². The molecule has 27 heavy (non-hydrogen) atoms. The number of thioether (sulfide) groups is 2. The zero-order valence-corrected chi connectivity index (χ0v) is 16.3. The van der Waals surface area contributed by atoms with Crippen molar-refractivity contribution < 1.29 is 18.7 Å². The van der Waals surface area contributed by atoms with E-state index in [0.29, 0.717) is 39.5 Å². The summed E-state index contributed by atoms with van der Waals surface area (Å²) in [6.07, 6.45) is 3.40. The summed E-state index contributed by atoms with van der Waals surface area (Å²) in [6, 6.07) is 10.6. The molecular weight excluding hydrogens is 382 g/mol. The average Bonchev–Trinajstić information content (AvgIpc) is 3.27. The Bertz CT molecular complexity index is 926. The summed E-state index contributed by atoms with van der Waals surface area (Å²) in [6.45, 7) is 5.76. The smallest absolute Gasteiger partial charge is 0.338 e. The summed E-state index contributed by atoms with van der Waals surface area (Å²) < 4.78 is 11.5. The number of ether oxygens (including phenoxy) is 1. The summed E-state index contributed by atoms with van der Waals surface area (Å²) in [7, 11) is 0. The third-order valence-corrected chi connectivity index (χ3v) is 5.52. The third kappa shape index (κ3) is 4.81. The van der Waals surface area contributed by atoms with E-state index in [-0.39, 0.29) is 11.1 Å². The molecule has 0 radical (unpaired) electrons. The zero-order valence-electron chi connectivity index (χ0n) is 14.6. The summed E-state index contributed by atoms with van der Waals surface area (Å²) >= 11 is 2.59. The molecule has 2 aromatic rings. The fourth-order valence-electron chi connectivity index (χ4n) is 2.29. The van der Waals surface area contributed by atoms with E-state index in [1.54, 1.807) is 49.4 Å². The fraction of sp³-hybridized carbons (Fsp3) is 0.150. The monoisotopic (exact) mass is 399 g/mol. The maximum Gasteiger partial charge on any atom is 0.338 e. The molecule has 138 valence electrons. The second kappa shape index (κ2) is 8.92. The van der Waals surface area contributed by atoms with E-state index in [1.807, 2.05) is 6.07 Å². The van der Waals surface area contributed by atoms with Crippen molar-refractivity contribution in [2.45, 2.75) is 6.92 Å². The molecule has 0 aliphatic carbocycles. The van der Waals surface area contributed by atoms with Crippen LogP contribution in [0.4, 0.5) is 0 Å². The molecule has 2 heterocycles. The number of hydrogen-bond acceptors (Lipinski definition) is 7. The summed E-state index contributed by atoms with van der Waals surface area (Å²) in [4.78, 5) is 28.1. The molecule has 0 N–H and O–H groups in total. The summed E-state index contributed by atoms with van der Waals surface area (Å²) in [5, 5.41) is -0.0988. The van der Waals surface area contributed by atoms with E-state index in [4.69, 9.17) is 9.15 Å². The van der Waals surface area contributed by atoms with Gasteiger partial charge in [-0.25, -0.2) is 9.79 Å². The van der Waals surface area contributed by atoms with Gasteiger partial charge in [-0.05, 0) is 43.0 Å². The lowest BCUT2D eigenvalue weighted by molar-refractivity contribution is -0.107. The highest BCUT2D eigenvalue weighted by molar-refractivity contribution is 8.45. The van der Waals surface area contributed by atoms with Crippen molar-refractivity contribution in [3.63, 3.8) is 0 Å². The summed E-state index contributed by atoms with van der Waals surface area (Å²) in [5.41, 5.74) is 1.68. The lowest BCUT2D eigenvalue weighted by Crippen LogP contribution is -2.03. The largest absolute Gasteiger partial charge is 0.462 e. The van der Waals surface area contributed by atoms with E-state index >= 15 is 0 Å². The number of carbonyl (C=O) groups excluding carboxylic acids is 2. The zero-order chi connectivity index (χ0) is 19.2. The number of hydrogen-bond donors (Lipinski definition) is 0. The van der Waals surface area contributed by atoms with Crippen LogP contribution in [0.25, 0.3) is 17.4 Å². The predicted octanol–water partition coefficient (Wildman–Crippen LogP) is 5.01. The Morgan fingerprint density at radius 1 is 1.30 bits per heavy atom. The first kappa shape index (κ1) is 19.3. The van der Waals surface area contributed by atoms with Gasteiger partial charge in [0, 0.05) is 17.4 Å². The number of furan rings is 1. The quantitative estimate of drug-likeness (QED) is 0.386. The fourth-order valence-corrected chi connectivity index (χ4v) is 3.89. The molecule has 5 nitrogen and oxygen atoms in total. The van der Waals surface area contributed by atoms with E-state index in [0.717, 1.165) is 17.3 Å². The molecule has 3 rings (SSSR count). The Hall–Kier alpha value is -2.51. The van der Waals surface area contributed by atoms with Crippen LogP contribution in [0.3, 0.4) is 0 Å². The Kier molecular flexibility index (Phi) is 6.36. The normalized spacial score (nSPS) is 15.1. The van der Waals surface area contributed by atoms with E-state index in [2.05, 4.69) is 11.6 Å². The molecule has 1 aromatic carbocycles. The molecule has 7 heteroatoms. The van der Waals surface area contributed by atoms with Crippen LogP contribution in [0.5, 0.6) is 0 Å². The van der Waals surface area contributed by atoms with Gasteiger partial charge in [0.2, 0.25) is 5.12 Å². The third-order valence-electron chi connectivity index (χ3n) is 3.51. The van der Waals surface area contributed by atoms with Crippen molar-refractivity contribution in [3.8, 4) is 11.3 Å². The lowest BCUT2D eigenvalue weighted by atomic mass is 10.1. The first-order valence-corrected chi connectivity index (χ1v) is 10.0. The van der Waals surface area contributed by atoms with E-state index < -0.39 is 0 Å². The predicted molar refractivity (Wildman–Crippen MR) is 111 cm³/mol.